The van der Waals surface area contributed by atoms with E-state index in [4.69, 9.17) is 5.26 Å². The third-order valence-electron chi connectivity index (χ3n) is 2.72. The van der Waals surface area contributed by atoms with Gasteiger partial charge in [-0.2, -0.15) is 5.26 Å². The second-order valence-corrected chi connectivity index (χ2v) is 6.41. The first kappa shape index (κ1) is 14.1. The Balaban J connectivity index is 2.96. The molecule has 0 N–H and O–H groups in total. The van der Waals surface area contributed by atoms with Gasteiger partial charge in [0, 0.05) is 4.90 Å². The highest BCUT2D eigenvalue weighted by atomic mass is 32.2. The van der Waals surface area contributed by atoms with Crippen molar-refractivity contribution in [2.24, 2.45) is 0 Å². The monoisotopic (exact) mass is 247 g/mol. The predicted octanol–water partition coefficient (Wildman–Crippen LogP) is 4.75. The predicted molar refractivity (Wildman–Crippen MR) is 75.5 cm³/mol. The first-order chi connectivity index (χ1) is 7.99. The van der Waals surface area contributed by atoms with E-state index in [9.17, 15) is 0 Å². The van der Waals surface area contributed by atoms with Gasteiger partial charge in [0.1, 0.15) is 6.07 Å². The Labute approximate surface area is 109 Å². The molecule has 0 spiro atoms. The van der Waals surface area contributed by atoms with Crippen molar-refractivity contribution in [2.45, 2.75) is 50.8 Å². The van der Waals surface area contributed by atoms with Gasteiger partial charge in [0.05, 0.1) is 5.56 Å². The Kier molecular flexibility index (Phi) is 5.08. The fourth-order valence-electron chi connectivity index (χ4n) is 1.53. The van der Waals surface area contributed by atoms with Gasteiger partial charge in [0.2, 0.25) is 0 Å². The summed E-state index contributed by atoms with van der Waals surface area (Å²) in [4.78, 5) is 1.13. The Morgan fingerprint density at radius 2 is 2.00 bits per heavy atom. The standard InChI is InChI=1S/C15H21NS/c1-5-6-9-17-14-10-13(15(2,3)4)8-7-12(14)11-16/h7-8,10H,5-6,9H2,1-4H3. The molecule has 0 saturated carbocycles. The van der Waals surface area contributed by atoms with Crippen molar-refractivity contribution in [3.63, 3.8) is 0 Å². The summed E-state index contributed by atoms with van der Waals surface area (Å²) < 4.78 is 0. The number of nitriles is 1. The second kappa shape index (κ2) is 6.12. The lowest BCUT2D eigenvalue weighted by molar-refractivity contribution is 0.588. The molecular weight excluding hydrogens is 226 g/mol. The molecule has 0 fully saturated rings. The number of thioether (sulfide) groups is 1. The van der Waals surface area contributed by atoms with Crippen LogP contribution in [0.15, 0.2) is 23.1 Å². The van der Waals surface area contributed by atoms with E-state index in [0.717, 1.165) is 16.2 Å². The van der Waals surface area contributed by atoms with Crippen LogP contribution in [0.2, 0.25) is 0 Å². The van der Waals surface area contributed by atoms with Crippen LogP contribution in [0, 0.1) is 11.3 Å². The molecule has 0 aliphatic rings. The van der Waals surface area contributed by atoms with E-state index in [1.807, 2.05) is 6.07 Å². The topological polar surface area (TPSA) is 23.8 Å². The van der Waals surface area contributed by atoms with E-state index in [1.165, 1.54) is 18.4 Å². The zero-order chi connectivity index (χ0) is 12.9. The highest BCUT2D eigenvalue weighted by molar-refractivity contribution is 7.99. The zero-order valence-electron chi connectivity index (χ0n) is 11.2. The Morgan fingerprint density at radius 3 is 2.53 bits per heavy atom. The molecule has 92 valence electrons. The lowest BCUT2D eigenvalue weighted by Gasteiger charge is -2.20. The molecule has 0 unspecified atom stereocenters. The molecule has 0 atom stereocenters. The van der Waals surface area contributed by atoms with E-state index in [0.29, 0.717) is 0 Å². The van der Waals surface area contributed by atoms with Crippen molar-refractivity contribution in [1.82, 2.24) is 0 Å². The molecule has 2 heteroatoms. The molecule has 0 radical (unpaired) electrons. The van der Waals surface area contributed by atoms with Crippen LogP contribution in [0.5, 0.6) is 0 Å². The first-order valence-electron chi connectivity index (χ1n) is 6.16. The first-order valence-corrected chi connectivity index (χ1v) is 7.15. The number of hydrogen-bond donors (Lipinski definition) is 0. The number of hydrogen-bond acceptors (Lipinski definition) is 2. The van der Waals surface area contributed by atoms with Gasteiger partial charge in [-0.3, -0.25) is 0 Å². The van der Waals surface area contributed by atoms with Gasteiger partial charge in [0.15, 0.2) is 0 Å². The molecule has 1 nitrogen and oxygen atoms in total. The molecule has 0 bridgehead atoms. The Bertz CT molecular complexity index is 410. The molecule has 1 aromatic rings. The molecule has 0 saturated heterocycles. The van der Waals surface area contributed by atoms with Crippen molar-refractivity contribution in [3.05, 3.63) is 29.3 Å². The van der Waals surface area contributed by atoms with Gasteiger partial charge in [-0.15, -0.1) is 11.8 Å². The van der Waals surface area contributed by atoms with E-state index < -0.39 is 0 Å². The highest BCUT2D eigenvalue weighted by Crippen LogP contribution is 2.30. The van der Waals surface area contributed by atoms with E-state index in [1.54, 1.807) is 11.8 Å². The molecule has 0 amide bonds. The van der Waals surface area contributed by atoms with Crippen LogP contribution in [0.1, 0.15) is 51.7 Å². The molecular formula is C15H21NS. The molecule has 0 aromatic heterocycles. The quantitative estimate of drug-likeness (QED) is 0.566. The number of nitrogens with zero attached hydrogens (tertiary/aromatic N) is 1. The van der Waals surface area contributed by atoms with Crippen molar-refractivity contribution in [3.8, 4) is 6.07 Å². The minimum absolute atomic E-state index is 0.147. The van der Waals surface area contributed by atoms with E-state index >= 15 is 0 Å². The minimum atomic E-state index is 0.147. The van der Waals surface area contributed by atoms with Gasteiger partial charge < -0.3 is 0 Å². The summed E-state index contributed by atoms with van der Waals surface area (Å²) in [6.45, 7) is 8.80. The van der Waals surface area contributed by atoms with Crippen molar-refractivity contribution >= 4 is 11.8 Å². The van der Waals surface area contributed by atoms with Crippen LogP contribution in [0.25, 0.3) is 0 Å². The van der Waals surface area contributed by atoms with Gasteiger partial charge in [-0.25, -0.2) is 0 Å². The Hall–Kier alpha value is -0.940. The summed E-state index contributed by atoms with van der Waals surface area (Å²) in [7, 11) is 0. The lowest BCUT2D eigenvalue weighted by Crippen LogP contribution is -2.11. The van der Waals surface area contributed by atoms with Crippen molar-refractivity contribution in [2.75, 3.05) is 5.75 Å². The van der Waals surface area contributed by atoms with E-state index in [2.05, 4.69) is 45.9 Å². The normalized spacial score (nSPS) is 11.2. The smallest absolute Gasteiger partial charge is 0.100 e. The molecule has 17 heavy (non-hydrogen) atoms. The maximum absolute atomic E-state index is 9.11. The lowest BCUT2D eigenvalue weighted by atomic mass is 9.87. The fraction of sp³-hybridized carbons (Fsp3) is 0.533. The zero-order valence-corrected chi connectivity index (χ0v) is 12.0. The maximum Gasteiger partial charge on any atom is 0.100 e. The third-order valence-corrected chi connectivity index (χ3v) is 3.87. The summed E-state index contributed by atoms with van der Waals surface area (Å²) in [6, 6.07) is 8.48. The summed E-state index contributed by atoms with van der Waals surface area (Å²) >= 11 is 1.80. The average molecular weight is 247 g/mol. The molecule has 0 aliphatic carbocycles. The number of unbranched alkanes of at least 4 members (excludes halogenated alkanes) is 1. The second-order valence-electron chi connectivity index (χ2n) is 5.27. The SMILES string of the molecule is CCCCSc1cc(C(C)(C)C)ccc1C#N. The van der Waals surface area contributed by atoms with Gasteiger partial charge in [-0.05, 0) is 35.3 Å². The van der Waals surface area contributed by atoms with Gasteiger partial charge in [0.25, 0.3) is 0 Å². The summed E-state index contributed by atoms with van der Waals surface area (Å²) in [5.41, 5.74) is 2.25. The third kappa shape index (κ3) is 4.09. The molecule has 0 aliphatic heterocycles. The molecule has 1 rings (SSSR count). The maximum atomic E-state index is 9.11. The highest BCUT2D eigenvalue weighted by Gasteiger charge is 2.15. The Morgan fingerprint density at radius 1 is 1.29 bits per heavy atom. The van der Waals surface area contributed by atoms with Crippen LogP contribution in [-0.2, 0) is 5.41 Å². The number of rotatable bonds is 4. The summed E-state index contributed by atoms with van der Waals surface area (Å²) in [6.07, 6.45) is 2.41. The summed E-state index contributed by atoms with van der Waals surface area (Å²) in [5.74, 6) is 1.10. The van der Waals surface area contributed by atoms with Crippen LogP contribution < -0.4 is 0 Å². The fourth-order valence-corrected chi connectivity index (χ4v) is 2.66. The van der Waals surface area contributed by atoms with Crippen molar-refractivity contribution in [1.29, 1.82) is 5.26 Å². The average Bonchev–Trinajstić information content (AvgIpc) is 2.28. The number of benzene rings is 1. The van der Waals surface area contributed by atoms with Gasteiger partial charge in [-0.1, -0.05) is 40.2 Å². The molecule has 0 heterocycles. The van der Waals surface area contributed by atoms with E-state index in [-0.39, 0.29) is 5.41 Å². The van der Waals surface area contributed by atoms with Crippen molar-refractivity contribution < 1.29 is 0 Å². The summed E-state index contributed by atoms with van der Waals surface area (Å²) in [5, 5.41) is 9.11. The van der Waals surface area contributed by atoms with Crippen LogP contribution in [0.4, 0.5) is 0 Å². The molecule has 1 aromatic carbocycles. The minimum Gasteiger partial charge on any atom is -0.192 e. The van der Waals surface area contributed by atoms with Gasteiger partial charge >= 0.3 is 0 Å². The van der Waals surface area contributed by atoms with Crippen LogP contribution >= 0.6 is 11.8 Å². The van der Waals surface area contributed by atoms with Crippen LogP contribution in [-0.4, -0.2) is 5.75 Å². The van der Waals surface area contributed by atoms with Crippen LogP contribution in [0.3, 0.4) is 0 Å². The largest absolute Gasteiger partial charge is 0.192 e.